The number of unbranched alkanes of at least 4 members (excludes halogenated alkanes) is 2. The molecule has 0 nitrogen and oxygen atoms in total. The third-order valence-electron chi connectivity index (χ3n) is 4.67. The Labute approximate surface area is 281 Å². The summed E-state index contributed by atoms with van der Waals surface area (Å²) in [5.41, 5.74) is 1.36. The predicted molar refractivity (Wildman–Crippen MR) is 102 cm³/mol. The van der Waals surface area contributed by atoms with Crippen molar-refractivity contribution < 1.29 is 140 Å². The van der Waals surface area contributed by atoms with E-state index in [9.17, 15) is 0 Å². The minimum atomic E-state index is 0. The molecule has 0 saturated heterocycles. The second-order valence-electron chi connectivity index (χ2n) is 6.58. The molecule has 2 radical (unpaired) electrons. The van der Waals surface area contributed by atoms with Gasteiger partial charge in [-0.15, -0.1) is 12.8 Å². The summed E-state index contributed by atoms with van der Waals surface area (Å²) in [6, 6.07) is 11.6. The molecule has 2 fully saturated rings. The third kappa shape index (κ3) is 20.5. The van der Waals surface area contributed by atoms with Crippen molar-refractivity contribution in [1.29, 1.82) is 0 Å². The van der Waals surface area contributed by atoms with Crippen molar-refractivity contribution in [3.05, 3.63) is 69.5 Å². The Morgan fingerprint density at radius 1 is 1.11 bits per heavy atom. The molecule has 2 atom stereocenters. The zero-order valence-electron chi connectivity index (χ0n) is 17.5. The summed E-state index contributed by atoms with van der Waals surface area (Å²) in [5.74, 6) is 1.66. The van der Waals surface area contributed by atoms with Gasteiger partial charge in [-0.1, -0.05) is 25.7 Å². The normalized spacial score (nSPS) is 18.9. The second-order valence-corrected chi connectivity index (χ2v) is 6.58. The van der Waals surface area contributed by atoms with E-state index < -0.39 is 0 Å². The fourth-order valence-corrected chi connectivity index (χ4v) is 3.37. The maximum absolute atomic E-state index is 3.82. The van der Waals surface area contributed by atoms with Crippen molar-refractivity contribution in [1.82, 2.24) is 0 Å². The van der Waals surface area contributed by atoms with E-state index in [1.807, 2.05) is 12.1 Å². The molecule has 2 aliphatic rings. The van der Waals surface area contributed by atoms with Gasteiger partial charge in [0.25, 0.3) is 0 Å². The minimum absolute atomic E-state index is 0. The largest absolute Gasteiger partial charge is 3.00 e. The Hall–Kier alpha value is 3.91. The number of hydrogen-bond donors (Lipinski definition) is 0. The topological polar surface area (TPSA) is 0 Å². The van der Waals surface area contributed by atoms with Crippen LogP contribution in [0.3, 0.4) is 0 Å². The molecule has 0 spiro atoms. The molecule has 3 rings (SSSR count). The van der Waals surface area contributed by atoms with Crippen LogP contribution in [0.1, 0.15) is 63.4 Å². The average Bonchev–Trinajstić information content (AvgIpc) is 3.23. The molecule has 2 aliphatic carbocycles. The van der Waals surface area contributed by atoms with Gasteiger partial charge in [0.2, 0.25) is 0 Å². The molecule has 0 amide bonds. The second kappa shape index (κ2) is 28.9. The first-order valence-electron chi connectivity index (χ1n) is 9.13. The molecule has 5 heteroatoms. The van der Waals surface area contributed by atoms with Gasteiger partial charge in [0.05, 0.1) is 0 Å². The number of hydrogen-bond acceptors (Lipinski definition) is 0. The van der Waals surface area contributed by atoms with Crippen LogP contribution in [-0.2, 0) is 147 Å². The molecule has 28 heavy (non-hydrogen) atoms. The molecule has 2 saturated carbocycles. The smallest absolute Gasteiger partial charge is 0.358 e. The maximum atomic E-state index is 3.82. The number of rotatable bonds is 6. The fourth-order valence-electron chi connectivity index (χ4n) is 3.37. The van der Waals surface area contributed by atoms with Gasteiger partial charge in [0.1, 0.15) is 0 Å². The summed E-state index contributed by atoms with van der Waals surface area (Å²) >= 11 is 0. The zero-order valence-corrected chi connectivity index (χ0v) is 31.9. The Morgan fingerprint density at radius 3 is 2.29 bits per heavy atom. The van der Waals surface area contributed by atoms with Gasteiger partial charge < -0.3 is 33.6 Å². The molecular formula is C23H34W2Y3-. The van der Waals surface area contributed by atoms with E-state index in [-0.39, 0.29) is 148 Å². The quantitative estimate of drug-likeness (QED) is 0.221. The molecule has 0 aromatic heterocycles. The zero-order chi connectivity index (χ0) is 15.5. The Kier molecular flexibility index (Phi) is 43.5. The van der Waals surface area contributed by atoms with Crippen molar-refractivity contribution in [3.63, 3.8) is 0 Å². The first-order valence-corrected chi connectivity index (χ1v) is 9.13. The summed E-state index contributed by atoms with van der Waals surface area (Å²) in [4.78, 5) is 0. The summed E-state index contributed by atoms with van der Waals surface area (Å²) in [6.45, 7) is 3.82. The molecular weight excluding hydrogens is 911 g/mol. The van der Waals surface area contributed by atoms with Gasteiger partial charge in [0, 0.05) is 86.5 Å². The first kappa shape index (κ1) is 42.1. The van der Waals surface area contributed by atoms with Gasteiger partial charge in [0.15, 0.2) is 0 Å². The van der Waals surface area contributed by atoms with E-state index in [0.29, 0.717) is 0 Å². The van der Waals surface area contributed by atoms with E-state index in [0.717, 1.165) is 18.3 Å². The van der Waals surface area contributed by atoms with E-state index in [1.165, 1.54) is 63.4 Å². The third-order valence-corrected chi connectivity index (χ3v) is 4.67. The Morgan fingerprint density at radius 2 is 1.79 bits per heavy atom. The van der Waals surface area contributed by atoms with Crippen molar-refractivity contribution >= 4 is 0 Å². The minimum Gasteiger partial charge on any atom is -0.358 e. The average molecular weight is 945 g/mol. The first-order chi connectivity index (χ1) is 10.9. The van der Waals surface area contributed by atoms with Gasteiger partial charge in [-0.05, 0) is 0 Å². The molecule has 0 aliphatic heterocycles. The molecule has 0 heterocycles. The van der Waals surface area contributed by atoms with Gasteiger partial charge >= 0.3 is 53.8 Å². The molecule has 2 unspecified atom stereocenters. The van der Waals surface area contributed by atoms with E-state index in [4.69, 9.17) is 0 Å². The molecule has 0 N–H and O–H groups in total. The van der Waals surface area contributed by atoms with E-state index in [2.05, 4.69) is 44.4 Å². The molecule has 1 aromatic carbocycles. The Balaban J connectivity index is -0.000000105. The molecule has 0 bridgehead atoms. The fraction of sp³-hybridized carbons (Fsp3) is 0.522. The molecule has 148 valence electrons. The van der Waals surface area contributed by atoms with Crippen LogP contribution >= 0.6 is 0 Å². The van der Waals surface area contributed by atoms with Crippen LogP contribution in [0.2, 0.25) is 0 Å². The summed E-state index contributed by atoms with van der Waals surface area (Å²) in [7, 11) is 0. The van der Waals surface area contributed by atoms with Crippen LogP contribution in [0.5, 0.6) is 0 Å². The van der Waals surface area contributed by atoms with Gasteiger partial charge in [-0.3, -0.25) is 5.92 Å². The van der Waals surface area contributed by atoms with Crippen molar-refractivity contribution in [2.45, 2.75) is 64.2 Å². The van der Waals surface area contributed by atoms with Crippen LogP contribution in [0, 0.1) is 51.5 Å². The number of benzene rings is 1. The summed E-state index contributed by atoms with van der Waals surface area (Å²) in [6.07, 6.45) is 20.4. The molecule has 1 aromatic rings. The van der Waals surface area contributed by atoms with Gasteiger partial charge in [-0.2, -0.15) is 67.5 Å². The summed E-state index contributed by atoms with van der Waals surface area (Å²) < 4.78 is 0. The van der Waals surface area contributed by atoms with Crippen LogP contribution in [0.25, 0.3) is 0 Å². The van der Waals surface area contributed by atoms with E-state index >= 15 is 0 Å². The van der Waals surface area contributed by atoms with Crippen molar-refractivity contribution in [2.24, 2.45) is 11.8 Å². The van der Waals surface area contributed by atoms with E-state index in [1.54, 1.807) is 0 Å². The van der Waals surface area contributed by atoms with Gasteiger partial charge in [-0.25, -0.2) is 0 Å². The van der Waals surface area contributed by atoms with Crippen molar-refractivity contribution in [2.75, 3.05) is 0 Å². The summed E-state index contributed by atoms with van der Waals surface area (Å²) in [5, 5.41) is 0. The van der Waals surface area contributed by atoms with Crippen LogP contribution in [-0.4, -0.2) is 0 Å². The van der Waals surface area contributed by atoms with Crippen LogP contribution < -0.4 is 0 Å². The maximum Gasteiger partial charge on any atom is 3.00 e. The standard InChI is InChI=1S/C12H14.C10H17.CH3.2W.3Y/c1-2-6-11(7-3-1)10-12-8-4-5-9-12;1-2-3-4-7-10-8-5-6-9-10;;;;;;/h1-3,6,8,12H,4-5,9-10H2;7-8,10H,1-6,9H2;1H3;;;;;/q-2;-3;-1;;+2;;;+3. The van der Waals surface area contributed by atoms with Crippen LogP contribution in [0.15, 0.2) is 24.3 Å². The van der Waals surface area contributed by atoms with Crippen LogP contribution in [0.4, 0.5) is 0 Å². The van der Waals surface area contributed by atoms with Crippen molar-refractivity contribution in [3.8, 4) is 0 Å². The monoisotopic (exact) mass is 945 g/mol. The SMILES string of the molecule is [CH2-]CCC[CH-]C1[CH-]CCC1.[CH3-].[W+2].[W].[Y+3].[Y].[Y].[c-]1ccccc1CC1[CH-]CCC1. The Bertz CT molecular complexity index is 379. The predicted octanol–water partition coefficient (Wildman–Crippen LogP) is 6.67.